The van der Waals surface area contributed by atoms with Gasteiger partial charge in [-0.05, 0) is 26.4 Å². The summed E-state index contributed by atoms with van der Waals surface area (Å²) in [6.07, 6.45) is 7.88. The van der Waals surface area contributed by atoms with Crippen LogP contribution in [0, 0.1) is 0 Å². The van der Waals surface area contributed by atoms with Crippen molar-refractivity contribution in [2.24, 2.45) is 0 Å². The minimum atomic E-state index is -0.201. The molecule has 1 N–H and O–H groups in total. The van der Waals surface area contributed by atoms with Crippen LogP contribution in [0.15, 0.2) is 0 Å². The highest BCUT2D eigenvalue weighted by molar-refractivity contribution is 5.75. The number of nitrogens with one attached hydrogen (secondary N) is 1. The monoisotopic (exact) mass is 256 g/mol. The molecule has 1 aliphatic carbocycles. The van der Waals surface area contributed by atoms with Crippen LogP contribution in [0.3, 0.4) is 0 Å². The zero-order valence-corrected chi connectivity index (χ0v) is 12.1. The smallest absolute Gasteiger partial charge is 0.324 e. The highest BCUT2D eigenvalue weighted by Crippen LogP contribution is 2.21. The number of rotatable bonds is 6. The number of carbonyl (C=O) groups is 1. The van der Waals surface area contributed by atoms with Crippen molar-refractivity contribution in [2.75, 3.05) is 27.2 Å². The van der Waals surface area contributed by atoms with E-state index in [1.54, 1.807) is 0 Å². The molecule has 0 radical (unpaired) electrons. The highest BCUT2D eigenvalue weighted by Gasteiger charge is 2.24. The third-order valence-electron chi connectivity index (χ3n) is 3.85. The summed E-state index contributed by atoms with van der Waals surface area (Å²) in [5.41, 5.74) is 0. The summed E-state index contributed by atoms with van der Waals surface area (Å²) < 4.78 is 4.85. The second-order valence-corrected chi connectivity index (χ2v) is 5.22. The van der Waals surface area contributed by atoms with Crippen molar-refractivity contribution in [1.29, 1.82) is 0 Å². The minimum Gasteiger partial charge on any atom is -0.468 e. The van der Waals surface area contributed by atoms with Crippen LogP contribution in [-0.4, -0.2) is 50.2 Å². The zero-order chi connectivity index (χ0) is 13.4. The molecule has 0 aromatic rings. The Morgan fingerprint density at radius 2 is 1.94 bits per heavy atom. The molecular weight excluding hydrogens is 228 g/mol. The first kappa shape index (κ1) is 15.4. The van der Waals surface area contributed by atoms with Gasteiger partial charge in [-0.15, -0.1) is 0 Å². The summed E-state index contributed by atoms with van der Waals surface area (Å²) in [5.74, 6) is -0.155. The molecule has 1 aliphatic rings. The number of esters is 1. The Balaban J connectivity index is 2.47. The van der Waals surface area contributed by atoms with E-state index in [4.69, 9.17) is 4.74 Å². The maximum atomic E-state index is 11.7. The predicted molar refractivity (Wildman–Crippen MR) is 73.6 cm³/mol. The van der Waals surface area contributed by atoms with Gasteiger partial charge in [0.2, 0.25) is 0 Å². The lowest BCUT2D eigenvalue weighted by Gasteiger charge is -2.30. The summed E-state index contributed by atoms with van der Waals surface area (Å²) in [6.45, 7) is 3.55. The molecule has 0 aliphatic heterocycles. The quantitative estimate of drug-likeness (QED) is 0.581. The van der Waals surface area contributed by atoms with Gasteiger partial charge in [0, 0.05) is 12.6 Å². The van der Waals surface area contributed by atoms with E-state index in [0.717, 1.165) is 13.1 Å². The number of carbonyl (C=O) groups excluding carboxylic acids is 1. The van der Waals surface area contributed by atoms with E-state index in [2.05, 4.69) is 17.3 Å². The van der Waals surface area contributed by atoms with Crippen LogP contribution in [0.2, 0.25) is 0 Å². The van der Waals surface area contributed by atoms with Crippen LogP contribution in [0.5, 0.6) is 0 Å². The fourth-order valence-electron chi connectivity index (χ4n) is 2.75. The van der Waals surface area contributed by atoms with Crippen molar-refractivity contribution in [2.45, 2.75) is 57.5 Å². The van der Waals surface area contributed by atoms with Crippen LogP contribution < -0.4 is 5.32 Å². The van der Waals surface area contributed by atoms with Crippen LogP contribution in [0.4, 0.5) is 0 Å². The molecule has 18 heavy (non-hydrogen) atoms. The highest BCUT2D eigenvalue weighted by atomic mass is 16.5. The molecule has 106 valence electrons. The lowest BCUT2D eigenvalue weighted by atomic mass is 10.1. The van der Waals surface area contributed by atoms with Gasteiger partial charge in [-0.1, -0.05) is 32.6 Å². The van der Waals surface area contributed by atoms with Gasteiger partial charge in [0.05, 0.1) is 7.11 Å². The maximum absolute atomic E-state index is 11.7. The first-order chi connectivity index (χ1) is 8.69. The number of hydrogen-bond donors (Lipinski definition) is 1. The van der Waals surface area contributed by atoms with Crippen LogP contribution in [-0.2, 0) is 9.53 Å². The van der Waals surface area contributed by atoms with Crippen molar-refractivity contribution in [3.8, 4) is 0 Å². The van der Waals surface area contributed by atoms with Crippen LogP contribution >= 0.6 is 0 Å². The number of nitrogens with zero attached hydrogens (tertiary/aromatic N) is 1. The second kappa shape index (κ2) is 8.48. The van der Waals surface area contributed by atoms with Crippen LogP contribution in [0.25, 0.3) is 0 Å². The molecule has 0 aromatic heterocycles. The molecule has 4 heteroatoms. The Morgan fingerprint density at radius 1 is 1.33 bits per heavy atom. The summed E-state index contributed by atoms with van der Waals surface area (Å²) in [6, 6.07) is 0.423. The van der Waals surface area contributed by atoms with Crippen molar-refractivity contribution < 1.29 is 9.53 Å². The average Bonchev–Trinajstić information content (AvgIpc) is 2.66. The van der Waals surface area contributed by atoms with Gasteiger partial charge in [0.1, 0.15) is 6.04 Å². The lowest BCUT2D eigenvalue weighted by molar-refractivity contribution is -0.143. The molecule has 1 fully saturated rings. The van der Waals surface area contributed by atoms with E-state index in [1.165, 1.54) is 45.6 Å². The molecule has 1 atom stereocenters. The van der Waals surface area contributed by atoms with E-state index in [9.17, 15) is 4.79 Å². The van der Waals surface area contributed by atoms with E-state index < -0.39 is 0 Å². The first-order valence-corrected chi connectivity index (χ1v) is 7.20. The van der Waals surface area contributed by atoms with E-state index >= 15 is 0 Å². The molecule has 0 heterocycles. The summed E-state index contributed by atoms with van der Waals surface area (Å²) >= 11 is 0. The molecule has 0 aromatic carbocycles. The molecule has 0 amide bonds. The van der Waals surface area contributed by atoms with Gasteiger partial charge < -0.3 is 15.0 Å². The van der Waals surface area contributed by atoms with Gasteiger partial charge in [-0.2, -0.15) is 0 Å². The van der Waals surface area contributed by atoms with Gasteiger partial charge in [-0.25, -0.2) is 0 Å². The summed E-state index contributed by atoms with van der Waals surface area (Å²) in [4.78, 5) is 14.0. The number of likely N-dealkylation sites (N-methyl/N-ethyl adjacent to an activating group) is 2. The third-order valence-corrected chi connectivity index (χ3v) is 3.85. The second-order valence-electron chi connectivity index (χ2n) is 5.22. The summed E-state index contributed by atoms with van der Waals surface area (Å²) in [5, 5.41) is 3.20. The number of ether oxygens (including phenoxy) is 1. The lowest BCUT2D eigenvalue weighted by Crippen LogP contribution is -2.48. The Kier molecular flexibility index (Phi) is 7.28. The van der Waals surface area contributed by atoms with Gasteiger partial charge in [0.15, 0.2) is 0 Å². The number of hydrogen-bond acceptors (Lipinski definition) is 4. The Bertz CT molecular complexity index is 238. The Labute approximate surface area is 111 Å². The standard InChI is InChI=1S/C14H28N2O2/c1-4-15-13(14(17)18-3)11-16(2)12-9-7-5-6-8-10-12/h12-13,15H,4-11H2,1-3H3. The van der Waals surface area contributed by atoms with E-state index in [-0.39, 0.29) is 12.0 Å². The first-order valence-electron chi connectivity index (χ1n) is 7.20. The average molecular weight is 256 g/mol. The molecule has 1 rings (SSSR count). The normalized spacial score (nSPS) is 19.6. The molecular formula is C14H28N2O2. The minimum absolute atomic E-state index is 0.155. The van der Waals surface area contributed by atoms with Crippen molar-refractivity contribution in [1.82, 2.24) is 10.2 Å². The zero-order valence-electron chi connectivity index (χ0n) is 12.1. The third kappa shape index (κ3) is 4.94. The van der Waals surface area contributed by atoms with Crippen molar-refractivity contribution in [3.63, 3.8) is 0 Å². The molecule has 0 spiro atoms. The largest absolute Gasteiger partial charge is 0.468 e. The Morgan fingerprint density at radius 3 is 2.44 bits per heavy atom. The summed E-state index contributed by atoms with van der Waals surface area (Å²) in [7, 11) is 3.58. The van der Waals surface area contributed by atoms with Crippen molar-refractivity contribution >= 4 is 5.97 Å². The molecule has 1 saturated carbocycles. The fourth-order valence-corrected chi connectivity index (χ4v) is 2.75. The molecule has 4 nitrogen and oxygen atoms in total. The molecule has 0 saturated heterocycles. The predicted octanol–water partition coefficient (Wildman–Crippen LogP) is 1.79. The SMILES string of the molecule is CCNC(CN(C)C1CCCCCC1)C(=O)OC. The van der Waals surface area contributed by atoms with Gasteiger partial charge in [-0.3, -0.25) is 4.79 Å². The van der Waals surface area contributed by atoms with E-state index in [1.807, 2.05) is 6.92 Å². The number of methoxy groups -OCH3 is 1. The van der Waals surface area contributed by atoms with E-state index in [0.29, 0.717) is 6.04 Å². The van der Waals surface area contributed by atoms with Gasteiger partial charge in [0.25, 0.3) is 0 Å². The molecule has 1 unspecified atom stereocenters. The Hall–Kier alpha value is -0.610. The van der Waals surface area contributed by atoms with Gasteiger partial charge >= 0.3 is 5.97 Å². The topological polar surface area (TPSA) is 41.6 Å². The fraction of sp³-hybridized carbons (Fsp3) is 0.929. The molecule has 0 bridgehead atoms. The maximum Gasteiger partial charge on any atom is 0.324 e. The van der Waals surface area contributed by atoms with Crippen LogP contribution in [0.1, 0.15) is 45.4 Å². The van der Waals surface area contributed by atoms with Crippen molar-refractivity contribution in [3.05, 3.63) is 0 Å².